The fraction of sp³-hybridized carbons (Fsp3) is 0.318. The molecule has 146 valence electrons. The Hall–Kier alpha value is -2.60. The first kappa shape index (κ1) is 20.1. The Labute approximate surface area is 170 Å². The Morgan fingerprint density at radius 2 is 1.75 bits per heavy atom. The molecule has 0 bridgehead atoms. The first-order valence-electron chi connectivity index (χ1n) is 9.39. The summed E-state index contributed by atoms with van der Waals surface area (Å²) in [6, 6.07) is 17.5. The van der Waals surface area contributed by atoms with Crippen molar-refractivity contribution in [2.75, 3.05) is 0 Å². The smallest absolute Gasteiger partial charge is 0.251 e. The number of carbonyl (C=O) groups excluding carboxylic acids is 1. The molecule has 1 heterocycles. The van der Waals surface area contributed by atoms with Gasteiger partial charge in [0.25, 0.3) is 5.91 Å². The van der Waals surface area contributed by atoms with Gasteiger partial charge >= 0.3 is 0 Å². The second-order valence-electron chi connectivity index (χ2n) is 7.24. The van der Waals surface area contributed by atoms with E-state index in [1.165, 1.54) is 11.1 Å². The van der Waals surface area contributed by atoms with E-state index in [0.717, 1.165) is 16.7 Å². The molecule has 3 rings (SSSR count). The van der Waals surface area contributed by atoms with Crippen molar-refractivity contribution in [1.82, 2.24) is 20.1 Å². The van der Waals surface area contributed by atoms with Crippen molar-refractivity contribution in [3.63, 3.8) is 0 Å². The largest absolute Gasteiger partial charge is 0.342 e. The lowest BCUT2D eigenvalue weighted by Gasteiger charge is -2.21. The van der Waals surface area contributed by atoms with E-state index in [4.69, 9.17) is 0 Å². The predicted molar refractivity (Wildman–Crippen MR) is 113 cm³/mol. The van der Waals surface area contributed by atoms with Crippen LogP contribution in [0.1, 0.15) is 47.2 Å². The minimum atomic E-state index is -0.209. The highest BCUT2D eigenvalue weighted by Gasteiger charge is 2.25. The average Bonchev–Trinajstić information content (AvgIpc) is 3.06. The number of nitrogens with zero attached hydrogens (tertiary/aromatic N) is 3. The van der Waals surface area contributed by atoms with Crippen LogP contribution in [0.15, 0.2) is 59.8 Å². The predicted octanol–water partition coefficient (Wildman–Crippen LogP) is 4.54. The average molecular weight is 395 g/mol. The standard InChI is InChI=1S/C22H26N4OS/c1-15(2)19(23-21(27)18-8-6-5-7-9-18)20-24-25-22(26(20)4)28-14-17-12-10-16(3)11-13-17/h5-13,15,19H,14H2,1-4H3,(H,23,27). The summed E-state index contributed by atoms with van der Waals surface area (Å²) in [5, 5.41) is 12.7. The van der Waals surface area contributed by atoms with Crippen LogP contribution in [0.2, 0.25) is 0 Å². The number of hydrogen-bond acceptors (Lipinski definition) is 4. The van der Waals surface area contributed by atoms with E-state index in [0.29, 0.717) is 5.56 Å². The second kappa shape index (κ2) is 9.06. The summed E-state index contributed by atoms with van der Waals surface area (Å²) in [6.45, 7) is 6.23. The lowest BCUT2D eigenvalue weighted by Crippen LogP contribution is -2.33. The number of nitrogens with one attached hydrogen (secondary N) is 1. The molecule has 0 radical (unpaired) electrons. The molecule has 6 heteroatoms. The van der Waals surface area contributed by atoms with E-state index >= 15 is 0 Å². The van der Waals surface area contributed by atoms with Gasteiger partial charge in [-0.3, -0.25) is 4.79 Å². The molecular formula is C22H26N4OS. The molecule has 5 nitrogen and oxygen atoms in total. The molecule has 1 amide bonds. The van der Waals surface area contributed by atoms with Crippen LogP contribution in [-0.4, -0.2) is 20.7 Å². The third kappa shape index (κ3) is 4.81. The molecular weight excluding hydrogens is 368 g/mol. The number of aromatic nitrogens is 3. The molecule has 0 aliphatic rings. The van der Waals surface area contributed by atoms with Crippen molar-refractivity contribution >= 4 is 17.7 Å². The maximum atomic E-state index is 12.6. The zero-order chi connectivity index (χ0) is 20.1. The number of amides is 1. The van der Waals surface area contributed by atoms with E-state index in [9.17, 15) is 4.79 Å². The Bertz CT molecular complexity index is 919. The quantitative estimate of drug-likeness (QED) is 0.598. The van der Waals surface area contributed by atoms with E-state index in [2.05, 4.69) is 60.6 Å². The molecule has 0 saturated heterocycles. The van der Waals surface area contributed by atoms with Gasteiger partial charge in [-0.05, 0) is 30.5 Å². The molecule has 0 fully saturated rings. The molecule has 28 heavy (non-hydrogen) atoms. The van der Waals surface area contributed by atoms with Crippen LogP contribution in [0.4, 0.5) is 0 Å². The zero-order valence-electron chi connectivity index (χ0n) is 16.7. The van der Waals surface area contributed by atoms with E-state index in [1.807, 2.05) is 41.9 Å². The Morgan fingerprint density at radius 1 is 1.07 bits per heavy atom. The normalized spacial score (nSPS) is 12.2. The van der Waals surface area contributed by atoms with Crippen molar-refractivity contribution < 1.29 is 4.79 Å². The molecule has 1 N–H and O–H groups in total. The summed E-state index contributed by atoms with van der Waals surface area (Å²) < 4.78 is 1.98. The topological polar surface area (TPSA) is 59.8 Å². The molecule has 1 unspecified atom stereocenters. The molecule has 1 atom stereocenters. The van der Waals surface area contributed by atoms with Gasteiger partial charge in [0.05, 0.1) is 6.04 Å². The Balaban J connectivity index is 1.73. The SMILES string of the molecule is Cc1ccc(CSc2nnc(C(NC(=O)c3ccccc3)C(C)C)n2C)cc1. The van der Waals surface area contributed by atoms with Gasteiger partial charge in [0, 0.05) is 18.4 Å². The van der Waals surface area contributed by atoms with Gasteiger partial charge in [0.15, 0.2) is 11.0 Å². The van der Waals surface area contributed by atoms with Crippen molar-refractivity contribution in [3.05, 3.63) is 77.1 Å². The minimum Gasteiger partial charge on any atom is -0.342 e. The molecule has 3 aromatic rings. The molecule has 1 aromatic heterocycles. The highest BCUT2D eigenvalue weighted by molar-refractivity contribution is 7.98. The molecule has 0 saturated carbocycles. The summed E-state index contributed by atoms with van der Waals surface area (Å²) in [6.07, 6.45) is 0. The third-order valence-electron chi connectivity index (χ3n) is 4.62. The van der Waals surface area contributed by atoms with Crippen LogP contribution in [-0.2, 0) is 12.8 Å². The number of thioether (sulfide) groups is 1. The van der Waals surface area contributed by atoms with Gasteiger partial charge in [-0.1, -0.05) is 73.6 Å². The summed E-state index contributed by atoms with van der Waals surface area (Å²) in [5.41, 5.74) is 3.14. The maximum absolute atomic E-state index is 12.6. The van der Waals surface area contributed by atoms with Gasteiger partial charge in [-0.25, -0.2) is 0 Å². The highest BCUT2D eigenvalue weighted by atomic mass is 32.2. The number of rotatable bonds is 7. The molecule has 0 aliphatic heterocycles. The Kier molecular flexibility index (Phi) is 6.52. The minimum absolute atomic E-state index is 0.101. The summed E-state index contributed by atoms with van der Waals surface area (Å²) in [7, 11) is 1.96. The van der Waals surface area contributed by atoms with Crippen molar-refractivity contribution in [2.45, 2.75) is 37.7 Å². The summed E-state index contributed by atoms with van der Waals surface area (Å²) in [5.74, 6) is 1.68. The van der Waals surface area contributed by atoms with Crippen LogP contribution >= 0.6 is 11.8 Å². The zero-order valence-corrected chi connectivity index (χ0v) is 17.5. The number of aryl methyl sites for hydroxylation is 1. The summed E-state index contributed by atoms with van der Waals surface area (Å²) in [4.78, 5) is 12.6. The molecule has 2 aromatic carbocycles. The molecule has 0 spiro atoms. The molecule has 0 aliphatic carbocycles. The van der Waals surface area contributed by atoms with E-state index < -0.39 is 0 Å². The lowest BCUT2D eigenvalue weighted by atomic mass is 10.0. The van der Waals surface area contributed by atoms with Gasteiger partial charge in [0.2, 0.25) is 0 Å². The fourth-order valence-electron chi connectivity index (χ4n) is 2.90. The second-order valence-corrected chi connectivity index (χ2v) is 8.18. The van der Waals surface area contributed by atoms with E-state index in [1.54, 1.807) is 11.8 Å². The number of carbonyl (C=O) groups is 1. The maximum Gasteiger partial charge on any atom is 0.251 e. The Morgan fingerprint density at radius 3 is 2.39 bits per heavy atom. The van der Waals surface area contributed by atoms with Crippen molar-refractivity contribution in [1.29, 1.82) is 0 Å². The lowest BCUT2D eigenvalue weighted by molar-refractivity contribution is 0.0922. The third-order valence-corrected chi connectivity index (χ3v) is 5.72. The van der Waals surface area contributed by atoms with E-state index in [-0.39, 0.29) is 17.9 Å². The fourth-order valence-corrected chi connectivity index (χ4v) is 3.77. The van der Waals surface area contributed by atoms with Crippen LogP contribution in [0, 0.1) is 12.8 Å². The van der Waals surface area contributed by atoms with Crippen molar-refractivity contribution in [2.24, 2.45) is 13.0 Å². The van der Waals surface area contributed by atoms with Crippen molar-refractivity contribution in [3.8, 4) is 0 Å². The highest BCUT2D eigenvalue weighted by Crippen LogP contribution is 2.26. The number of benzene rings is 2. The van der Waals surface area contributed by atoms with Gasteiger partial charge in [-0.15, -0.1) is 10.2 Å². The number of hydrogen-bond donors (Lipinski definition) is 1. The monoisotopic (exact) mass is 394 g/mol. The van der Waals surface area contributed by atoms with Crippen LogP contribution < -0.4 is 5.32 Å². The van der Waals surface area contributed by atoms with Crippen LogP contribution in [0.3, 0.4) is 0 Å². The van der Waals surface area contributed by atoms with Crippen LogP contribution in [0.5, 0.6) is 0 Å². The van der Waals surface area contributed by atoms with Gasteiger partial charge in [-0.2, -0.15) is 0 Å². The van der Waals surface area contributed by atoms with Gasteiger partial charge in [0.1, 0.15) is 0 Å². The van der Waals surface area contributed by atoms with Gasteiger partial charge < -0.3 is 9.88 Å². The first-order chi connectivity index (χ1) is 13.5. The first-order valence-corrected chi connectivity index (χ1v) is 10.4. The summed E-state index contributed by atoms with van der Waals surface area (Å²) >= 11 is 1.65. The van der Waals surface area contributed by atoms with Crippen LogP contribution in [0.25, 0.3) is 0 Å².